The summed E-state index contributed by atoms with van der Waals surface area (Å²) in [4.78, 5) is 53.3. The van der Waals surface area contributed by atoms with Gasteiger partial charge in [0.25, 0.3) is 0 Å². The maximum Gasteiger partial charge on any atom is 0.353 e. The fourth-order valence-corrected chi connectivity index (χ4v) is 7.27. The Bertz CT molecular complexity index is 980. The number of nitrogens with one attached hydrogen (secondary N) is 2. The number of hydrogen-bond donors (Lipinski definition) is 3. The number of carbonyl (C=O) groups excluding carboxylic acids is 3. The Labute approximate surface area is 208 Å². The van der Waals surface area contributed by atoms with Crippen LogP contribution in [0.25, 0.3) is 0 Å². The Morgan fingerprint density at radius 2 is 1.94 bits per heavy atom. The Kier molecular flexibility index (Phi) is 8.37. The van der Waals surface area contributed by atoms with Gasteiger partial charge < -0.3 is 34.6 Å². The second-order valence-electron chi connectivity index (χ2n) is 9.19. The monoisotopic (exact) mass is 532 g/mol. The lowest BCUT2D eigenvalue weighted by Gasteiger charge is -2.47. The molecule has 12 nitrogen and oxygen atoms in total. The molecule has 3 aliphatic rings. The van der Waals surface area contributed by atoms with Crippen molar-refractivity contribution in [2.45, 2.75) is 43.6 Å². The lowest BCUT2D eigenvalue weighted by Crippen LogP contribution is -2.66. The molecule has 6 atom stereocenters. The summed E-state index contributed by atoms with van der Waals surface area (Å²) in [7, 11) is 2.19. The van der Waals surface area contributed by atoms with E-state index < -0.39 is 43.6 Å². The predicted octanol–water partition coefficient (Wildman–Crippen LogP) is 0.302. The van der Waals surface area contributed by atoms with Gasteiger partial charge in [-0.15, -0.1) is 11.8 Å². The third kappa shape index (κ3) is 5.29. The van der Waals surface area contributed by atoms with Gasteiger partial charge in [-0.2, -0.15) is 0 Å². The molecule has 2 saturated heterocycles. The van der Waals surface area contributed by atoms with Crippen molar-refractivity contribution in [3.8, 4) is 0 Å². The minimum absolute atomic E-state index is 0.0164. The second-order valence-corrected chi connectivity index (χ2v) is 12.8. The molecule has 3 aliphatic heterocycles. The third-order valence-corrected chi connectivity index (χ3v) is 10.0. The molecule has 0 spiro atoms. The average molecular weight is 533 g/mol. The number of β-lactam (4-membered cyclic amide) rings is 1. The number of carboxylic acids is 1. The fourth-order valence-electron chi connectivity index (χ4n) is 4.94. The summed E-state index contributed by atoms with van der Waals surface area (Å²) in [5.74, 6) is -3.07. The average Bonchev–Trinajstić information content (AvgIpc) is 3.34. The van der Waals surface area contributed by atoms with Gasteiger partial charge in [-0.25, -0.2) is 4.79 Å². The van der Waals surface area contributed by atoms with Crippen molar-refractivity contribution < 1.29 is 37.9 Å². The lowest BCUT2D eigenvalue weighted by atomic mass is 9.78. The van der Waals surface area contributed by atoms with Crippen molar-refractivity contribution in [2.75, 3.05) is 41.0 Å². The van der Waals surface area contributed by atoms with Gasteiger partial charge >= 0.3 is 13.6 Å². The van der Waals surface area contributed by atoms with E-state index in [0.29, 0.717) is 17.9 Å². The van der Waals surface area contributed by atoms with E-state index in [1.807, 2.05) is 6.92 Å². The highest BCUT2D eigenvalue weighted by atomic mass is 32.2. The van der Waals surface area contributed by atoms with Gasteiger partial charge in [-0.05, 0) is 13.3 Å². The first-order valence-corrected chi connectivity index (χ1v) is 13.9. The van der Waals surface area contributed by atoms with E-state index in [9.17, 15) is 28.8 Å². The predicted molar refractivity (Wildman–Crippen MR) is 129 cm³/mol. The van der Waals surface area contributed by atoms with Crippen LogP contribution < -0.4 is 10.6 Å². The summed E-state index contributed by atoms with van der Waals surface area (Å²) < 4.78 is 21.8. The molecule has 3 amide bonds. The van der Waals surface area contributed by atoms with Crippen LogP contribution in [0.15, 0.2) is 10.6 Å². The lowest BCUT2D eigenvalue weighted by molar-refractivity contribution is -0.158. The van der Waals surface area contributed by atoms with Gasteiger partial charge in [-0.3, -0.25) is 18.9 Å². The minimum atomic E-state index is -3.56. The molecular formula is C21H33N4O8PS. The summed E-state index contributed by atoms with van der Waals surface area (Å²) in [6.07, 6.45) is 0.0643. The van der Waals surface area contributed by atoms with Crippen LogP contribution in [0, 0.1) is 11.8 Å². The molecule has 0 aromatic rings. The first kappa shape index (κ1) is 27.7. The number of rotatable bonds is 10. The molecule has 0 aliphatic carbocycles. The summed E-state index contributed by atoms with van der Waals surface area (Å²) in [6.45, 7) is 4.09. The zero-order chi connectivity index (χ0) is 26.2. The summed E-state index contributed by atoms with van der Waals surface area (Å²) in [5, 5.41) is 15.8. The van der Waals surface area contributed by atoms with Gasteiger partial charge in [0.15, 0.2) is 0 Å². The number of fused-ring (bicyclic) bond motifs is 1. The van der Waals surface area contributed by atoms with E-state index in [2.05, 4.69) is 10.6 Å². The van der Waals surface area contributed by atoms with E-state index >= 15 is 0 Å². The van der Waals surface area contributed by atoms with Crippen molar-refractivity contribution in [2.24, 2.45) is 11.8 Å². The van der Waals surface area contributed by atoms with Gasteiger partial charge in [0, 0.05) is 57.0 Å². The summed E-state index contributed by atoms with van der Waals surface area (Å²) in [6, 6.07) is -1.36. The highest BCUT2D eigenvalue weighted by molar-refractivity contribution is 8.03. The van der Waals surface area contributed by atoms with E-state index in [1.54, 1.807) is 21.0 Å². The molecule has 0 radical (unpaired) electrons. The Balaban J connectivity index is 1.71. The standard InChI is InChI=1S/C21H33N4O8PS/c1-10-16-15(11(2)23-14(26)9-34(31,32-5)33-6)20(28)25(16)17(21(29)30)18(10)35-12-7-13(22-8-12)19(27)24(3)4/h10-13,15-16,22H,7-9H2,1-6H3,(H,23,26)(H,29,30)/t10-,11?,12+,13+,15-,16-/m1/s1. The molecule has 14 heteroatoms. The highest BCUT2D eigenvalue weighted by Gasteiger charge is 2.60. The van der Waals surface area contributed by atoms with E-state index in [-0.39, 0.29) is 34.7 Å². The number of amides is 3. The van der Waals surface area contributed by atoms with Crippen molar-refractivity contribution in [3.63, 3.8) is 0 Å². The first-order valence-electron chi connectivity index (χ1n) is 11.3. The summed E-state index contributed by atoms with van der Waals surface area (Å²) >= 11 is 1.40. The Hall–Kier alpha value is -1.92. The maximum absolute atomic E-state index is 13.0. The fraction of sp³-hybridized carbons (Fsp3) is 0.714. The normalized spacial score (nSPS) is 29.0. The largest absolute Gasteiger partial charge is 0.477 e. The molecule has 2 fully saturated rings. The van der Waals surface area contributed by atoms with Crippen LogP contribution >= 0.6 is 19.4 Å². The minimum Gasteiger partial charge on any atom is -0.477 e. The van der Waals surface area contributed by atoms with Crippen molar-refractivity contribution in [1.82, 2.24) is 20.4 Å². The Morgan fingerprint density at radius 3 is 2.49 bits per heavy atom. The van der Waals surface area contributed by atoms with E-state index in [1.165, 1.54) is 35.8 Å². The van der Waals surface area contributed by atoms with Crippen molar-refractivity contribution in [3.05, 3.63) is 10.6 Å². The van der Waals surface area contributed by atoms with E-state index in [0.717, 1.165) is 0 Å². The number of hydrogen-bond acceptors (Lipinski definition) is 9. The van der Waals surface area contributed by atoms with Gasteiger partial charge in [0.05, 0.1) is 18.0 Å². The molecular weight excluding hydrogens is 499 g/mol. The molecule has 1 unspecified atom stereocenters. The SMILES string of the molecule is COP(=O)(CC(=O)NC(C)[C@H]1C(=O)N2C(C(=O)O)=C(S[C@@H]3CN[C@H](C(=O)N(C)C)C3)[C@H](C)[C@H]12)OC. The molecule has 3 N–H and O–H groups in total. The van der Waals surface area contributed by atoms with Crippen LogP contribution in [0.2, 0.25) is 0 Å². The molecule has 3 rings (SSSR count). The van der Waals surface area contributed by atoms with Crippen LogP contribution in [0.3, 0.4) is 0 Å². The smallest absolute Gasteiger partial charge is 0.353 e. The Morgan fingerprint density at radius 1 is 1.31 bits per heavy atom. The zero-order valence-corrected chi connectivity index (χ0v) is 22.4. The van der Waals surface area contributed by atoms with Crippen LogP contribution in [0.1, 0.15) is 20.3 Å². The second kappa shape index (κ2) is 10.6. The number of nitrogens with zero attached hydrogens (tertiary/aromatic N) is 2. The van der Waals surface area contributed by atoms with Gasteiger partial charge in [-0.1, -0.05) is 6.92 Å². The van der Waals surface area contributed by atoms with Crippen LogP contribution in [0.5, 0.6) is 0 Å². The van der Waals surface area contributed by atoms with E-state index in [4.69, 9.17) is 9.05 Å². The molecule has 196 valence electrons. The number of aliphatic carboxylic acids is 1. The number of carboxylic acid groups (broad SMARTS) is 1. The molecule has 0 aromatic carbocycles. The molecule has 3 heterocycles. The number of thioether (sulfide) groups is 1. The van der Waals surface area contributed by atoms with Crippen molar-refractivity contribution >= 4 is 43.0 Å². The van der Waals surface area contributed by atoms with Crippen LogP contribution in [-0.4, -0.2) is 103 Å². The topological polar surface area (TPSA) is 155 Å². The van der Waals surface area contributed by atoms with Crippen LogP contribution in [0.4, 0.5) is 0 Å². The van der Waals surface area contributed by atoms with Crippen molar-refractivity contribution in [1.29, 1.82) is 0 Å². The highest BCUT2D eigenvalue weighted by Crippen LogP contribution is 2.52. The maximum atomic E-state index is 13.0. The first-order chi connectivity index (χ1) is 16.3. The van der Waals surface area contributed by atoms with Gasteiger partial charge in [0.2, 0.25) is 17.7 Å². The number of carbonyl (C=O) groups is 4. The zero-order valence-electron chi connectivity index (χ0n) is 20.6. The molecule has 0 aromatic heterocycles. The number of likely N-dealkylation sites (N-methyl/N-ethyl adjacent to an activating group) is 1. The quantitative estimate of drug-likeness (QED) is 0.264. The summed E-state index contributed by atoms with van der Waals surface area (Å²) in [5.41, 5.74) is -0.0297. The molecule has 35 heavy (non-hydrogen) atoms. The third-order valence-electron chi connectivity index (χ3n) is 6.74. The van der Waals surface area contributed by atoms with Gasteiger partial charge in [0.1, 0.15) is 11.9 Å². The van der Waals surface area contributed by atoms with Crippen LogP contribution in [-0.2, 0) is 32.8 Å². The molecule has 0 saturated carbocycles. The molecule has 0 bridgehead atoms.